The maximum atomic E-state index is 5.78. The van der Waals surface area contributed by atoms with Gasteiger partial charge in [-0.1, -0.05) is 12.1 Å². The third-order valence-electron chi connectivity index (χ3n) is 3.47. The van der Waals surface area contributed by atoms with Crippen molar-refractivity contribution in [3.8, 4) is 0 Å². The average molecular weight is 202 g/mol. The van der Waals surface area contributed by atoms with E-state index in [0.717, 1.165) is 0 Å². The third kappa shape index (κ3) is 1.29. The van der Waals surface area contributed by atoms with Crippen molar-refractivity contribution in [3.63, 3.8) is 0 Å². The first kappa shape index (κ1) is 10.2. The number of nitrogens with zero attached hydrogens (tertiary/aromatic N) is 1. The summed E-state index contributed by atoms with van der Waals surface area (Å²) in [4.78, 5) is 0. The Morgan fingerprint density at radius 2 is 1.80 bits per heavy atom. The normalized spacial score (nSPS) is 11.3. The standard InChI is InChI=1S/C13H18N2/c1-8-5-6-11-10(3)12(7-14)15(4)13(11)9(8)2/h5-6H,7,14H2,1-4H3. The zero-order chi connectivity index (χ0) is 11.2. The second-order valence-electron chi connectivity index (χ2n) is 4.24. The lowest BCUT2D eigenvalue weighted by atomic mass is 10.0. The van der Waals surface area contributed by atoms with E-state index in [1.165, 1.54) is 33.3 Å². The van der Waals surface area contributed by atoms with E-state index in [-0.39, 0.29) is 0 Å². The molecule has 2 rings (SSSR count). The first-order valence-electron chi connectivity index (χ1n) is 5.32. The summed E-state index contributed by atoms with van der Waals surface area (Å²) in [5.74, 6) is 0. The van der Waals surface area contributed by atoms with Crippen LogP contribution in [0.2, 0.25) is 0 Å². The molecule has 0 unspecified atom stereocenters. The maximum absolute atomic E-state index is 5.78. The van der Waals surface area contributed by atoms with Gasteiger partial charge in [-0.05, 0) is 37.5 Å². The summed E-state index contributed by atoms with van der Waals surface area (Å²) >= 11 is 0. The molecule has 0 aliphatic rings. The molecule has 0 saturated heterocycles. The number of aromatic nitrogens is 1. The van der Waals surface area contributed by atoms with Crippen molar-refractivity contribution in [2.75, 3.05) is 0 Å². The zero-order valence-corrected chi connectivity index (χ0v) is 9.89. The van der Waals surface area contributed by atoms with Crippen LogP contribution in [0.5, 0.6) is 0 Å². The van der Waals surface area contributed by atoms with Gasteiger partial charge in [0.2, 0.25) is 0 Å². The van der Waals surface area contributed by atoms with Crippen LogP contribution >= 0.6 is 0 Å². The number of fused-ring (bicyclic) bond motifs is 1. The van der Waals surface area contributed by atoms with Crippen molar-refractivity contribution >= 4 is 10.9 Å². The summed E-state index contributed by atoms with van der Waals surface area (Å²) in [6.45, 7) is 7.09. The highest BCUT2D eigenvalue weighted by Crippen LogP contribution is 2.28. The number of rotatable bonds is 1. The number of hydrogen-bond acceptors (Lipinski definition) is 1. The monoisotopic (exact) mass is 202 g/mol. The summed E-state index contributed by atoms with van der Waals surface area (Å²) in [6, 6.07) is 4.39. The number of aryl methyl sites for hydroxylation is 4. The lowest BCUT2D eigenvalue weighted by Crippen LogP contribution is -2.04. The first-order chi connectivity index (χ1) is 7.07. The second kappa shape index (κ2) is 3.38. The zero-order valence-electron chi connectivity index (χ0n) is 9.89. The minimum atomic E-state index is 0.607. The molecule has 2 nitrogen and oxygen atoms in total. The Morgan fingerprint density at radius 3 is 2.40 bits per heavy atom. The highest BCUT2D eigenvalue weighted by atomic mass is 15.0. The SMILES string of the molecule is Cc1ccc2c(C)c(CN)n(C)c2c1C. The van der Waals surface area contributed by atoms with Gasteiger partial charge >= 0.3 is 0 Å². The molecule has 0 atom stereocenters. The average Bonchev–Trinajstić information content (AvgIpc) is 2.45. The molecule has 0 fully saturated rings. The van der Waals surface area contributed by atoms with E-state index in [2.05, 4.69) is 44.5 Å². The number of hydrogen-bond donors (Lipinski definition) is 1. The number of nitrogens with two attached hydrogens (primary N) is 1. The van der Waals surface area contributed by atoms with Gasteiger partial charge in [0.05, 0.1) is 5.52 Å². The first-order valence-corrected chi connectivity index (χ1v) is 5.32. The van der Waals surface area contributed by atoms with Crippen molar-refractivity contribution in [2.24, 2.45) is 12.8 Å². The van der Waals surface area contributed by atoms with Crippen LogP contribution < -0.4 is 5.73 Å². The van der Waals surface area contributed by atoms with Gasteiger partial charge in [-0.25, -0.2) is 0 Å². The molecular weight excluding hydrogens is 184 g/mol. The summed E-state index contributed by atoms with van der Waals surface area (Å²) < 4.78 is 2.23. The molecule has 0 bridgehead atoms. The molecule has 80 valence electrons. The van der Waals surface area contributed by atoms with Gasteiger partial charge in [-0.3, -0.25) is 0 Å². The van der Waals surface area contributed by atoms with E-state index in [1.54, 1.807) is 0 Å². The van der Waals surface area contributed by atoms with Crippen LogP contribution in [0.3, 0.4) is 0 Å². The predicted octanol–water partition coefficient (Wildman–Crippen LogP) is 2.56. The molecule has 2 N–H and O–H groups in total. The van der Waals surface area contributed by atoms with Gasteiger partial charge < -0.3 is 10.3 Å². The highest BCUT2D eigenvalue weighted by molar-refractivity contribution is 5.88. The largest absolute Gasteiger partial charge is 0.346 e. The van der Waals surface area contributed by atoms with Crippen LogP contribution in [-0.4, -0.2) is 4.57 Å². The fourth-order valence-electron chi connectivity index (χ4n) is 2.37. The van der Waals surface area contributed by atoms with Gasteiger partial charge in [0.15, 0.2) is 0 Å². The maximum Gasteiger partial charge on any atom is 0.0515 e. The van der Waals surface area contributed by atoms with Gasteiger partial charge in [0.25, 0.3) is 0 Å². The molecule has 0 saturated carbocycles. The Hall–Kier alpha value is -1.28. The van der Waals surface area contributed by atoms with E-state index in [4.69, 9.17) is 5.73 Å². The summed E-state index contributed by atoms with van der Waals surface area (Å²) in [5.41, 5.74) is 12.4. The summed E-state index contributed by atoms with van der Waals surface area (Å²) in [6.07, 6.45) is 0. The summed E-state index contributed by atoms with van der Waals surface area (Å²) in [7, 11) is 2.10. The van der Waals surface area contributed by atoms with Gasteiger partial charge in [0, 0.05) is 24.7 Å². The number of benzene rings is 1. The van der Waals surface area contributed by atoms with Gasteiger partial charge in [0.1, 0.15) is 0 Å². The molecule has 0 radical (unpaired) electrons. The van der Waals surface area contributed by atoms with E-state index in [1.807, 2.05) is 0 Å². The second-order valence-corrected chi connectivity index (χ2v) is 4.24. The van der Waals surface area contributed by atoms with Crippen molar-refractivity contribution in [1.82, 2.24) is 4.57 Å². The Kier molecular flexibility index (Phi) is 2.31. The molecule has 0 aliphatic carbocycles. The molecule has 0 spiro atoms. The molecule has 1 heterocycles. The topological polar surface area (TPSA) is 30.9 Å². The lowest BCUT2D eigenvalue weighted by Gasteiger charge is -2.06. The molecule has 0 aliphatic heterocycles. The highest BCUT2D eigenvalue weighted by Gasteiger charge is 2.12. The van der Waals surface area contributed by atoms with E-state index >= 15 is 0 Å². The van der Waals surface area contributed by atoms with Crippen LogP contribution in [0.25, 0.3) is 10.9 Å². The van der Waals surface area contributed by atoms with Crippen molar-refractivity contribution in [1.29, 1.82) is 0 Å². The molecule has 1 aromatic heterocycles. The van der Waals surface area contributed by atoms with E-state index < -0.39 is 0 Å². The van der Waals surface area contributed by atoms with Crippen molar-refractivity contribution in [3.05, 3.63) is 34.5 Å². The lowest BCUT2D eigenvalue weighted by molar-refractivity contribution is 0.838. The van der Waals surface area contributed by atoms with E-state index in [9.17, 15) is 0 Å². The third-order valence-corrected chi connectivity index (χ3v) is 3.47. The predicted molar refractivity (Wildman–Crippen MR) is 65.0 cm³/mol. The van der Waals surface area contributed by atoms with E-state index in [0.29, 0.717) is 6.54 Å². The Morgan fingerprint density at radius 1 is 1.13 bits per heavy atom. The quantitative estimate of drug-likeness (QED) is 0.757. The molecule has 2 aromatic rings. The molecule has 2 heteroatoms. The smallest absolute Gasteiger partial charge is 0.0515 e. The molecule has 15 heavy (non-hydrogen) atoms. The van der Waals surface area contributed by atoms with Crippen molar-refractivity contribution < 1.29 is 0 Å². The van der Waals surface area contributed by atoms with Crippen LogP contribution in [-0.2, 0) is 13.6 Å². The Bertz CT molecular complexity index is 521. The minimum Gasteiger partial charge on any atom is -0.346 e. The molecule has 1 aromatic carbocycles. The Labute approximate surface area is 90.7 Å². The van der Waals surface area contributed by atoms with Crippen molar-refractivity contribution in [2.45, 2.75) is 27.3 Å². The van der Waals surface area contributed by atoms with Gasteiger partial charge in [-0.15, -0.1) is 0 Å². The van der Waals surface area contributed by atoms with Gasteiger partial charge in [-0.2, -0.15) is 0 Å². The van der Waals surface area contributed by atoms with Crippen LogP contribution in [0, 0.1) is 20.8 Å². The van der Waals surface area contributed by atoms with Crippen LogP contribution in [0.15, 0.2) is 12.1 Å². The Balaban J connectivity index is 2.96. The molecule has 0 amide bonds. The molecular formula is C13H18N2. The minimum absolute atomic E-state index is 0.607. The fourth-order valence-corrected chi connectivity index (χ4v) is 2.37. The van der Waals surface area contributed by atoms with Crippen LogP contribution in [0.4, 0.5) is 0 Å². The summed E-state index contributed by atoms with van der Waals surface area (Å²) in [5, 5.41) is 1.33. The van der Waals surface area contributed by atoms with Crippen LogP contribution in [0.1, 0.15) is 22.4 Å². The fraction of sp³-hybridized carbons (Fsp3) is 0.385.